The standard InChI is InChI=1S/C29H30N6O3/c1-20-11-13-22(14-12-20)28-31-33-34(32-28)19-26(37)35(24-9-3-2-4-10-24)27(21-15-17-25(36)18-16-21)29(38)30-23-7-5-6-8-23/h2-4,9-18,23,27,36H,5-8,19H2,1H3,(H,30,38). The number of hydrogen-bond acceptors (Lipinski definition) is 6. The van der Waals surface area contributed by atoms with Crippen molar-refractivity contribution in [1.29, 1.82) is 0 Å². The molecule has 4 aromatic rings. The van der Waals surface area contributed by atoms with E-state index in [1.807, 2.05) is 49.4 Å². The number of tetrazole rings is 1. The lowest BCUT2D eigenvalue weighted by atomic mass is 10.0. The van der Waals surface area contributed by atoms with Gasteiger partial charge in [0.1, 0.15) is 18.3 Å². The molecule has 0 bridgehead atoms. The summed E-state index contributed by atoms with van der Waals surface area (Å²) in [6.07, 6.45) is 3.96. The number of aromatic hydroxyl groups is 1. The highest BCUT2D eigenvalue weighted by molar-refractivity contribution is 6.01. The average Bonchev–Trinajstić information content (AvgIpc) is 3.61. The maximum Gasteiger partial charge on any atom is 0.251 e. The van der Waals surface area contributed by atoms with Gasteiger partial charge in [-0.25, -0.2) is 0 Å². The van der Waals surface area contributed by atoms with Gasteiger partial charge in [-0.15, -0.1) is 10.2 Å². The topological polar surface area (TPSA) is 113 Å². The maximum absolute atomic E-state index is 13.9. The molecule has 3 aromatic carbocycles. The molecule has 1 fully saturated rings. The Bertz CT molecular complexity index is 1380. The smallest absolute Gasteiger partial charge is 0.251 e. The van der Waals surface area contributed by atoms with E-state index in [0.717, 1.165) is 36.8 Å². The highest BCUT2D eigenvalue weighted by Crippen LogP contribution is 2.30. The van der Waals surface area contributed by atoms with Gasteiger partial charge < -0.3 is 10.4 Å². The number of aromatic nitrogens is 4. The molecule has 194 valence electrons. The van der Waals surface area contributed by atoms with Crippen LogP contribution in [0.3, 0.4) is 0 Å². The molecule has 0 aliphatic heterocycles. The van der Waals surface area contributed by atoms with Crippen LogP contribution in [0, 0.1) is 6.92 Å². The van der Waals surface area contributed by atoms with Gasteiger partial charge in [0.15, 0.2) is 0 Å². The first-order valence-corrected chi connectivity index (χ1v) is 12.8. The summed E-state index contributed by atoms with van der Waals surface area (Å²) in [6.45, 7) is 1.79. The molecular formula is C29H30N6O3. The van der Waals surface area contributed by atoms with Gasteiger partial charge in [0.25, 0.3) is 5.91 Å². The largest absolute Gasteiger partial charge is 0.508 e. The molecule has 1 atom stereocenters. The number of aryl methyl sites for hydroxylation is 1. The van der Waals surface area contributed by atoms with Crippen LogP contribution in [0.5, 0.6) is 5.75 Å². The monoisotopic (exact) mass is 510 g/mol. The fraction of sp³-hybridized carbons (Fsp3) is 0.276. The van der Waals surface area contributed by atoms with Gasteiger partial charge in [-0.1, -0.05) is 73.0 Å². The predicted octanol–water partition coefficient (Wildman–Crippen LogP) is 4.19. The third kappa shape index (κ3) is 5.72. The second-order valence-electron chi connectivity index (χ2n) is 9.59. The van der Waals surface area contributed by atoms with E-state index < -0.39 is 6.04 Å². The SMILES string of the molecule is Cc1ccc(-c2nnn(CC(=O)N(c3ccccc3)C(C(=O)NC3CCCC3)c3ccc(O)cc3)n2)cc1. The predicted molar refractivity (Wildman–Crippen MR) is 143 cm³/mol. The zero-order chi connectivity index (χ0) is 26.5. The molecule has 5 rings (SSSR count). The molecule has 1 aliphatic rings. The number of benzene rings is 3. The van der Waals surface area contributed by atoms with Gasteiger partial charge >= 0.3 is 0 Å². The molecule has 0 saturated heterocycles. The summed E-state index contributed by atoms with van der Waals surface area (Å²) in [5.41, 5.74) is 3.07. The molecule has 1 aromatic heterocycles. The van der Waals surface area contributed by atoms with Gasteiger partial charge in [-0.05, 0) is 54.8 Å². The third-order valence-electron chi connectivity index (χ3n) is 6.76. The first-order chi connectivity index (χ1) is 18.5. The fourth-order valence-corrected chi connectivity index (χ4v) is 4.78. The molecule has 1 saturated carbocycles. The van der Waals surface area contributed by atoms with Crippen LogP contribution in [0.25, 0.3) is 11.4 Å². The lowest BCUT2D eigenvalue weighted by Crippen LogP contribution is -2.47. The van der Waals surface area contributed by atoms with Crippen molar-refractivity contribution in [3.05, 3.63) is 90.0 Å². The molecule has 1 unspecified atom stereocenters. The molecule has 2 N–H and O–H groups in total. The number of hydrogen-bond donors (Lipinski definition) is 2. The molecule has 0 radical (unpaired) electrons. The minimum Gasteiger partial charge on any atom is -0.508 e. The van der Waals surface area contributed by atoms with E-state index in [0.29, 0.717) is 17.1 Å². The van der Waals surface area contributed by atoms with E-state index in [2.05, 4.69) is 20.7 Å². The summed E-state index contributed by atoms with van der Waals surface area (Å²) < 4.78 is 0. The van der Waals surface area contributed by atoms with Crippen LogP contribution in [0.2, 0.25) is 0 Å². The summed E-state index contributed by atoms with van der Waals surface area (Å²) in [7, 11) is 0. The highest BCUT2D eigenvalue weighted by atomic mass is 16.3. The summed E-state index contributed by atoms with van der Waals surface area (Å²) >= 11 is 0. The molecule has 1 heterocycles. The number of phenols is 1. The second kappa shape index (κ2) is 11.2. The highest BCUT2D eigenvalue weighted by Gasteiger charge is 2.34. The second-order valence-corrected chi connectivity index (χ2v) is 9.59. The Labute approximate surface area is 221 Å². The molecule has 0 spiro atoms. The molecule has 1 aliphatic carbocycles. The molecule has 2 amide bonds. The van der Waals surface area contributed by atoms with Gasteiger partial charge in [0.05, 0.1) is 0 Å². The van der Waals surface area contributed by atoms with Gasteiger partial charge in [0, 0.05) is 17.3 Å². The Hall–Kier alpha value is -4.53. The Balaban J connectivity index is 1.48. The molecule has 38 heavy (non-hydrogen) atoms. The van der Waals surface area contributed by atoms with E-state index in [-0.39, 0.29) is 30.2 Å². The first kappa shape index (κ1) is 25.1. The zero-order valence-corrected chi connectivity index (χ0v) is 21.2. The molecule has 9 nitrogen and oxygen atoms in total. The zero-order valence-electron chi connectivity index (χ0n) is 21.2. The fourth-order valence-electron chi connectivity index (χ4n) is 4.78. The quantitative estimate of drug-likeness (QED) is 0.368. The average molecular weight is 511 g/mol. The van der Waals surface area contributed by atoms with Crippen LogP contribution >= 0.6 is 0 Å². The maximum atomic E-state index is 13.9. The number of para-hydroxylation sites is 1. The van der Waals surface area contributed by atoms with Crippen molar-refractivity contribution >= 4 is 17.5 Å². The van der Waals surface area contributed by atoms with Crippen molar-refractivity contribution in [1.82, 2.24) is 25.5 Å². The van der Waals surface area contributed by atoms with Crippen LogP contribution in [-0.2, 0) is 16.1 Å². The van der Waals surface area contributed by atoms with Crippen LogP contribution in [0.4, 0.5) is 5.69 Å². The summed E-state index contributed by atoms with van der Waals surface area (Å²) in [5.74, 6) is -0.148. The molecule has 9 heteroatoms. The minimum absolute atomic E-state index is 0.0730. The van der Waals surface area contributed by atoms with E-state index in [1.165, 1.54) is 21.8 Å². The Morgan fingerprint density at radius 2 is 1.68 bits per heavy atom. The van der Waals surface area contributed by atoms with Crippen molar-refractivity contribution in [2.24, 2.45) is 0 Å². The Kier molecular flexibility index (Phi) is 7.44. The lowest BCUT2D eigenvalue weighted by molar-refractivity contribution is -0.127. The number of nitrogens with zero attached hydrogens (tertiary/aromatic N) is 5. The van der Waals surface area contributed by atoms with Gasteiger partial charge in [-0.3, -0.25) is 14.5 Å². The lowest BCUT2D eigenvalue weighted by Gasteiger charge is -2.32. The van der Waals surface area contributed by atoms with Crippen LogP contribution in [0.15, 0.2) is 78.9 Å². The van der Waals surface area contributed by atoms with E-state index in [4.69, 9.17) is 0 Å². The van der Waals surface area contributed by atoms with Crippen molar-refractivity contribution in [2.45, 2.75) is 51.2 Å². The summed E-state index contributed by atoms with van der Waals surface area (Å²) in [4.78, 5) is 30.4. The van der Waals surface area contributed by atoms with Crippen molar-refractivity contribution in [3.63, 3.8) is 0 Å². The van der Waals surface area contributed by atoms with Gasteiger partial charge in [-0.2, -0.15) is 4.80 Å². The van der Waals surface area contributed by atoms with E-state index >= 15 is 0 Å². The number of carbonyl (C=O) groups excluding carboxylic acids is 2. The number of amides is 2. The number of carbonyl (C=O) groups is 2. The summed E-state index contributed by atoms with van der Waals surface area (Å²) in [5, 5.41) is 25.6. The van der Waals surface area contributed by atoms with E-state index in [9.17, 15) is 14.7 Å². The van der Waals surface area contributed by atoms with Crippen molar-refractivity contribution in [3.8, 4) is 17.1 Å². The number of anilines is 1. The Morgan fingerprint density at radius 1 is 1.00 bits per heavy atom. The number of phenolic OH excluding ortho intramolecular Hbond substituents is 1. The number of rotatable bonds is 8. The van der Waals surface area contributed by atoms with Crippen molar-refractivity contribution < 1.29 is 14.7 Å². The summed E-state index contributed by atoms with van der Waals surface area (Å²) in [6, 6.07) is 22.3. The van der Waals surface area contributed by atoms with Crippen LogP contribution in [0.1, 0.15) is 42.9 Å². The van der Waals surface area contributed by atoms with Crippen molar-refractivity contribution in [2.75, 3.05) is 4.90 Å². The van der Waals surface area contributed by atoms with Gasteiger partial charge in [0.2, 0.25) is 11.7 Å². The minimum atomic E-state index is -0.953. The number of nitrogens with one attached hydrogen (secondary N) is 1. The third-order valence-corrected chi connectivity index (χ3v) is 6.76. The van der Waals surface area contributed by atoms with Crippen LogP contribution < -0.4 is 10.2 Å². The molecular weight excluding hydrogens is 480 g/mol. The Morgan fingerprint density at radius 3 is 2.37 bits per heavy atom. The van der Waals surface area contributed by atoms with E-state index in [1.54, 1.807) is 24.3 Å². The first-order valence-electron chi connectivity index (χ1n) is 12.8. The van der Waals surface area contributed by atoms with Crippen LogP contribution in [-0.4, -0.2) is 43.2 Å². The normalized spacial score (nSPS) is 14.2.